The molecule has 2 amide bonds. The van der Waals surface area contributed by atoms with Gasteiger partial charge in [0.15, 0.2) is 0 Å². The normalized spacial score (nSPS) is 12.8. The second-order valence-corrected chi connectivity index (χ2v) is 5.38. The second-order valence-electron chi connectivity index (χ2n) is 5.38. The van der Waals surface area contributed by atoms with Crippen molar-refractivity contribution in [2.24, 2.45) is 0 Å². The molecule has 0 radical (unpaired) electrons. The number of aryl methyl sites for hydroxylation is 2. The average Bonchev–Trinajstić information content (AvgIpc) is 3.02. The maximum Gasteiger partial charge on any atom is 0.326 e. The minimum atomic E-state index is -1.29. The Morgan fingerprint density at radius 3 is 2.58 bits per heavy atom. The first kappa shape index (κ1) is 21.0. The molecule has 1 heterocycles. The standard InChI is InChI=1S/C14H20FN5O6/c15-5-3-9-7-20(19-18-9)6-4-11(13(24)25)17-14(26)16-10(8-21)1-2-12(22)23/h7-8,10-11H,1-6H2,(H,22,23)(H,24,25)(H2,16,17,26)/t10-,11-/m0/s1. The van der Waals surface area contributed by atoms with Crippen molar-refractivity contribution < 1.29 is 33.8 Å². The van der Waals surface area contributed by atoms with E-state index in [1.807, 2.05) is 0 Å². The van der Waals surface area contributed by atoms with E-state index in [2.05, 4.69) is 20.9 Å². The number of carboxylic acid groups (broad SMARTS) is 2. The molecule has 11 nitrogen and oxygen atoms in total. The second kappa shape index (κ2) is 10.7. The van der Waals surface area contributed by atoms with Gasteiger partial charge in [-0.2, -0.15) is 0 Å². The molecule has 0 spiro atoms. The van der Waals surface area contributed by atoms with Crippen molar-refractivity contribution in [2.45, 2.75) is 44.3 Å². The number of aliphatic carboxylic acids is 2. The molecule has 0 aliphatic carbocycles. The molecular formula is C14H20FN5O6. The molecule has 0 unspecified atom stereocenters. The van der Waals surface area contributed by atoms with Gasteiger partial charge in [0.25, 0.3) is 0 Å². The highest BCUT2D eigenvalue weighted by molar-refractivity contribution is 5.84. The summed E-state index contributed by atoms with van der Waals surface area (Å²) < 4.78 is 13.6. The van der Waals surface area contributed by atoms with E-state index < -0.39 is 36.7 Å². The molecule has 0 fully saturated rings. The number of urea groups is 1. The van der Waals surface area contributed by atoms with E-state index in [-0.39, 0.29) is 32.2 Å². The number of hydrogen-bond acceptors (Lipinski definition) is 6. The van der Waals surface area contributed by atoms with E-state index in [1.54, 1.807) is 0 Å². The number of nitrogens with one attached hydrogen (secondary N) is 2. The number of halogens is 1. The molecule has 0 aliphatic rings. The van der Waals surface area contributed by atoms with Crippen LogP contribution in [0.3, 0.4) is 0 Å². The van der Waals surface area contributed by atoms with E-state index in [0.717, 1.165) is 0 Å². The highest BCUT2D eigenvalue weighted by Gasteiger charge is 2.22. The minimum absolute atomic E-state index is 0.0257. The number of rotatable bonds is 12. The smallest absolute Gasteiger partial charge is 0.326 e. The van der Waals surface area contributed by atoms with Crippen molar-refractivity contribution in [3.8, 4) is 0 Å². The van der Waals surface area contributed by atoms with Gasteiger partial charge >= 0.3 is 18.0 Å². The van der Waals surface area contributed by atoms with Crippen molar-refractivity contribution in [1.82, 2.24) is 25.6 Å². The number of alkyl halides is 1. The lowest BCUT2D eigenvalue weighted by Gasteiger charge is -2.17. The van der Waals surface area contributed by atoms with E-state index in [0.29, 0.717) is 12.0 Å². The summed E-state index contributed by atoms with van der Waals surface area (Å²) in [7, 11) is 0. The molecule has 1 aromatic heterocycles. The van der Waals surface area contributed by atoms with Crippen molar-refractivity contribution in [3.63, 3.8) is 0 Å². The highest BCUT2D eigenvalue weighted by atomic mass is 19.1. The predicted octanol–water partition coefficient (Wildman–Crippen LogP) is -0.635. The zero-order valence-corrected chi connectivity index (χ0v) is 13.8. The number of hydrogen-bond donors (Lipinski definition) is 4. The van der Waals surface area contributed by atoms with E-state index in [9.17, 15) is 28.7 Å². The van der Waals surface area contributed by atoms with Gasteiger partial charge in [-0.05, 0) is 12.8 Å². The third-order valence-corrected chi connectivity index (χ3v) is 3.34. The lowest BCUT2D eigenvalue weighted by atomic mass is 10.2. The van der Waals surface area contributed by atoms with Crippen LogP contribution in [0.1, 0.15) is 25.0 Å². The van der Waals surface area contributed by atoms with E-state index in [4.69, 9.17) is 5.11 Å². The zero-order valence-electron chi connectivity index (χ0n) is 13.8. The van der Waals surface area contributed by atoms with Gasteiger partial charge in [0.05, 0.1) is 18.4 Å². The molecule has 0 aromatic carbocycles. The highest BCUT2D eigenvalue weighted by Crippen LogP contribution is 2.01. The number of carboxylic acids is 2. The molecule has 0 saturated heterocycles. The molecule has 1 rings (SSSR count). The van der Waals surface area contributed by atoms with Crippen LogP contribution in [0.15, 0.2) is 6.20 Å². The van der Waals surface area contributed by atoms with Crippen molar-refractivity contribution in [3.05, 3.63) is 11.9 Å². The molecule has 4 N–H and O–H groups in total. The Balaban J connectivity index is 2.52. The zero-order chi connectivity index (χ0) is 19.5. The Hall–Kier alpha value is -3.05. The van der Waals surface area contributed by atoms with Crippen LogP contribution in [0.5, 0.6) is 0 Å². The Bertz CT molecular complexity index is 637. The molecule has 2 atom stereocenters. The molecule has 144 valence electrons. The number of aromatic nitrogens is 3. The molecule has 26 heavy (non-hydrogen) atoms. The van der Waals surface area contributed by atoms with Crippen molar-refractivity contribution in [2.75, 3.05) is 6.67 Å². The summed E-state index contributed by atoms with van der Waals surface area (Å²) >= 11 is 0. The predicted molar refractivity (Wildman–Crippen MR) is 84.1 cm³/mol. The molecule has 0 aliphatic heterocycles. The van der Waals surface area contributed by atoms with Gasteiger partial charge < -0.3 is 25.6 Å². The van der Waals surface area contributed by atoms with Crippen LogP contribution >= 0.6 is 0 Å². The quantitative estimate of drug-likeness (QED) is 0.352. The van der Waals surface area contributed by atoms with Crippen molar-refractivity contribution >= 4 is 24.3 Å². The monoisotopic (exact) mass is 373 g/mol. The third kappa shape index (κ3) is 7.68. The fraction of sp³-hybridized carbons (Fsp3) is 0.571. The summed E-state index contributed by atoms with van der Waals surface area (Å²) in [5, 5.41) is 29.6. The number of carbonyl (C=O) groups is 4. The Morgan fingerprint density at radius 2 is 2.00 bits per heavy atom. The van der Waals surface area contributed by atoms with Gasteiger partial charge in [0, 0.05) is 25.6 Å². The Labute approximate surface area is 147 Å². The third-order valence-electron chi connectivity index (χ3n) is 3.34. The van der Waals surface area contributed by atoms with Gasteiger partial charge in [-0.3, -0.25) is 13.9 Å². The van der Waals surface area contributed by atoms with Crippen LogP contribution in [0, 0.1) is 0 Å². The maximum atomic E-state index is 12.2. The van der Waals surface area contributed by atoms with Crippen LogP contribution < -0.4 is 10.6 Å². The van der Waals surface area contributed by atoms with Crippen LogP contribution in [-0.4, -0.2) is 68.2 Å². The average molecular weight is 373 g/mol. The van der Waals surface area contributed by atoms with Gasteiger partial charge in [0.2, 0.25) is 0 Å². The van der Waals surface area contributed by atoms with Crippen molar-refractivity contribution in [1.29, 1.82) is 0 Å². The van der Waals surface area contributed by atoms with Crippen LogP contribution in [0.25, 0.3) is 0 Å². The topological polar surface area (TPSA) is 164 Å². The first-order valence-corrected chi connectivity index (χ1v) is 7.77. The number of aldehydes is 1. The summed E-state index contributed by atoms with van der Waals surface area (Å²) in [4.78, 5) is 44.4. The number of nitrogens with zero attached hydrogens (tertiary/aromatic N) is 3. The minimum Gasteiger partial charge on any atom is -0.481 e. The molecule has 12 heteroatoms. The van der Waals surface area contributed by atoms with E-state index in [1.165, 1.54) is 10.9 Å². The molecule has 0 bridgehead atoms. The summed E-state index contributed by atoms with van der Waals surface area (Å²) in [6, 6.07) is -3.22. The summed E-state index contributed by atoms with van der Waals surface area (Å²) in [5.74, 6) is -2.42. The number of carbonyl (C=O) groups excluding carboxylic acids is 2. The lowest BCUT2D eigenvalue weighted by Crippen LogP contribution is -2.49. The first-order chi connectivity index (χ1) is 12.3. The van der Waals surface area contributed by atoms with Gasteiger partial charge in [-0.1, -0.05) is 5.21 Å². The Kier molecular flexibility index (Phi) is 8.67. The largest absolute Gasteiger partial charge is 0.481 e. The summed E-state index contributed by atoms with van der Waals surface area (Å²) in [6.07, 6.45) is 1.50. The molecule has 0 saturated carbocycles. The molecule has 1 aromatic rings. The fourth-order valence-corrected chi connectivity index (χ4v) is 2.00. The fourth-order valence-electron chi connectivity index (χ4n) is 2.00. The van der Waals surface area contributed by atoms with Gasteiger partial charge in [0.1, 0.15) is 12.3 Å². The SMILES string of the molecule is O=C[C@H](CCC(=O)O)NC(=O)N[C@@H](CCn1cc(CCF)nn1)C(=O)O. The van der Waals surface area contributed by atoms with Crippen LogP contribution in [-0.2, 0) is 27.3 Å². The van der Waals surface area contributed by atoms with Gasteiger partial charge in [-0.25, -0.2) is 9.59 Å². The maximum absolute atomic E-state index is 12.2. The van der Waals surface area contributed by atoms with Crippen LogP contribution in [0.2, 0.25) is 0 Å². The lowest BCUT2D eigenvalue weighted by molar-refractivity contribution is -0.139. The number of amides is 2. The van der Waals surface area contributed by atoms with E-state index >= 15 is 0 Å². The first-order valence-electron chi connectivity index (χ1n) is 7.77. The summed E-state index contributed by atoms with van der Waals surface area (Å²) in [6.45, 7) is -0.468. The summed E-state index contributed by atoms with van der Waals surface area (Å²) in [5.41, 5.74) is 0.428. The molecular weight excluding hydrogens is 353 g/mol. The Morgan fingerprint density at radius 1 is 1.27 bits per heavy atom. The van der Waals surface area contributed by atoms with Gasteiger partial charge in [-0.15, -0.1) is 5.10 Å². The van der Waals surface area contributed by atoms with Crippen LogP contribution in [0.4, 0.5) is 9.18 Å².